The topological polar surface area (TPSA) is 32.3 Å². The molecule has 2 fully saturated rings. The third-order valence-electron chi connectivity index (χ3n) is 5.33. The third-order valence-corrected chi connectivity index (χ3v) is 6.51. The highest BCUT2D eigenvalue weighted by Crippen LogP contribution is 2.48. The molecule has 1 saturated carbocycles. The van der Waals surface area contributed by atoms with Crippen molar-refractivity contribution in [1.29, 1.82) is 0 Å². The Labute approximate surface area is 164 Å². The second-order valence-corrected chi connectivity index (χ2v) is 8.70. The maximum absolute atomic E-state index is 12.8. The number of hydrogen-bond acceptors (Lipinski definition) is 3. The first kappa shape index (κ1) is 17.7. The SMILES string of the molecule is O=C(NCc1ccc(N2CCSCC2)cc1)C1(c2cccc(Cl)c2)CC1. The first-order valence-electron chi connectivity index (χ1n) is 9.13. The van der Waals surface area contributed by atoms with Crippen LogP contribution in [-0.2, 0) is 16.8 Å². The summed E-state index contributed by atoms with van der Waals surface area (Å²) in [6, 6.07) is 16.3. The van der Waals surface area contributed by atoms with Crippen molar-refractivity contribution in [2.75, 3.05) is 29.5 Å². The number of amides is 1. The predicted molar refractivity (Wildman–Crippen MR) is 110 cm³/mol. The summed E-state index contributed by atoms with van der Waals surface area (Å²) in [6.45, 7) is 2.79. The summed E-state index contributed by atoms with van der Waals surface area (Å²) < 4.78 is 0. The van der Waals surface area contributed by atoms with E-state index in [4.69, 9.17) is 11.6 Å². The molecule has 1 saturated heterocycles. The van der Waals surface area contributed by atoms with E-state index in [1.54, 1.807) is 0 Å². The van der Waals surface area contributed by atoms with Crippen molar-refractivity contribution in [3.8, 4) is 0 Å². The molecule has 26 heavy (non-hydrogen) atoms. The molecule has 2 aliphatic rings. The average molecular weight is 387 g/mol. The van der Waals surface area contributed by atoms with Gasteiger partial charge in [0.05, 0.1) is 5.41 Å². The molecular formula is C21H23ClN2OS. The van der Waals surface area contributed by atoms with Crippen LogP contribution in [0.4, 0.5) is 5.69 Å². The molecule has 0 unspecified atom stereocenters. The lowest BCUT2D eigenvalue weighted by atomic mass is 9.95. The lowest BCUT2D eigenvalue weighted by Crippen LogP contribution is -2.34. The lowest BCUT2D eigenvalue weighted by molar-refractivity contribution is -0.123. The Bertz CT molecular complexity index is 783. The number of carbonyl (C=O) groups excluding carboxylic acids is 1. The standard InChI is InChI=1S/C21H23ClN2OS/c22-18-3-1-2-17(14-18)21(8-9-21)20(25)23-15-16-4-6-19(7-5-16)24-10-12-26-13-11-24/h1-7,14H,8-13,15H2,(H,23,25). The maximum Gasteiger partial charge on any atom is 0.230 e. The Kier molecular flexibility index (Phi) is 5.14. The molecule has 0 atom stereocenters. The highest BCUT2D eigenvalue weighted by Gasteiger charge is 2.51. The number of nitrogens with zero attached hydrogens (tertiary/aromatic N) is 1. The molecule has 1 aliphatic carbocycles. The van der Waals surface area contributed by atoms with E-state index in [0.29, 0.717) is 11.6 Å². The summed E-state index contributed by atoms with van der Waals surface area (Å²) in [4.78, 5) is 15.2. The summed E-state index contributed by atoms with van der Waals surface area (Å²) in [5, 5.41) is 3.81. The second kappa shape index (κ2) is 7.53. The van der Waals surface area contributed by atoms with E-state index in [0.717, 1.165) is 37.1 Å². The monoisotopic (exact) mass is 386 g/mol. The highest BCUT2D eigenvalue weighted by molar-refractivity contribution is 7.99. The molecule has 4 rings (SSSR count). The van der Waals surface area contributed by atoms with Crippen molar-refractivity contribution < 1.29 is 4.79 Å². The van der Waals surface area contributed by atoms with Gasteiger partial charge in [-0.3, -0.25) is 4.79 Å². The van der Waals surface area contributed by atoms with Gasteiger partial charge in [-0.05, 0) is 48.2 Å². The van der Waals surface area contributed by atoms with Crippen LogP contribution in [0.5, 0.6) is 0 Å². The molecule has 2 aromatic carbocycles. The summed E-state index contributed by atoms with van der Waals surface area (Å²) in [7, 11) is 0. The second-order valence-electron chi connectivity index (χ2n) is 7.04. The van der Waals surface area contributed by atoms with Gasteiger partial charge in [0.1, 0.15) is 0 Å². The van der Waals surface area contributed by atoms with Gasteiger partial charge in [-0.25, -0.2) is 0 Å². The van der Waals surface area contributed by atoms with Crippen molar-refractivity contribution >= 4 is 35.0 Å². The molecule has 1 aliphatic heterocycles. The van der Waals surface area contributed by atoms with Crippen LogP contribution < -0.4 is 10.2 Å². The maximum atomic E-state index is 12.8. The Balaban J connectivity index is 1.37. The molecule has 0 bridgehead atoms. The summed E-state index contributed by atoms with van der Waals surface area (Å²) in [5.41, 5.74) is 3.06. The van der Waals surface area contributed by atoms with Gasteiger partial charge in [0.15, 0.2) is 0 Å². The lowest BCUT2D eigenvalue weighted by Gasteiger charge is -2.28. The number of carbonyl (C=O) groups is 1. The van der Waals surface area contributed by atoms with Gasteiger partial charge < -0.3 is 10.2 Å². The fraction of sp³-hybridized carbons (Fsp3) is 0.381. The minimum absolute atomic E-state index is 0.108. The summed E-state index contributed by atoms with van der Waals surface area (Å²) >= 11 is 8.12. The van der Waals surface area contributed by atoms with Crippen molar-refractivity contribution in [1.82, 2.24) is 5.32 Å². The Morgan fingerprint density at radius 3 is 2.50 bits per heavy atom. The quantitative estimate of drug-likeness (QED) is 0.834. The molecule has 3 nitrogen and oxygen atoms in total. The number of rotatable bonds is 5. The largest absolute Gasteiger partial charge is 0.370 e. The Morgan fingerprint density at radius 2 is 1.85 bits per heavy atom. The van der Waals surface area contributed by atoms with Crippen molar-refractivity contribution in [3.05, 3.63) is 64.7 Å². The van der Waals surface area contributed by atoms with Gasteiger partial charge in [0.25, 0.3) is 0 Å². The zero-order valence-corrected chi connectivity index (χ0v) is 16.3. The van der Waals surface area contributed by atoms with Gasteiger partial charge in [-0.1, -0.05) is 35.9 Å². The van der Waals surface area contributed by atoms with E-state index in [1.807, 2.05) is 36.0 Å². The van der Waals surface area contributed by atoms with Gasteiger partial charge >= 0.3 is 0 Å². The number of anilines is 1. The van der Waals surface area contributed by atoms with Crippen molar-refractivity contribution in [3.63, 3.8) is 0 Å². The number of benzene rings is 2. The minimum Gasteiger partial charge on any atom is -0.370 e. The van der Waals surface area contributed by atoms with Crippen molar-refractivity contribution in [2.24, 2.45) is 0 Å². The summed E-state index contributed by atoms with van der Waals surface area (Å²) in [5.74, 6) is 2.50. The van der Waals surface area contributed by atoms with Crippen LogP contribution >= 0.6 is 23.4 Å². The molecular weight excluding hydrogens is 364 g/mol. The number of nitrogens with one attached hydrogen (secondary N) is 1. The number of thioether (sulfide) groups is 1. The van der Waals surface area contributed by atoms with E-state index in [9.17, 15) is 4.79 Å². The van der Waals surface area contributed by atoms with Gasteiger partial charge in [0.2, 0.25) is 5.91 Å². The predicted octanol–water partition coefficient (Wildman–Crippen LogP) is 4.24. The van der Waals surface area contributed by atoms with Crippen molar-refractivity contribution in [2.45, 2.75) is 24.8 Å². The van der Waals surface area contributed by atoms with E-state index in [2.05, 4.69) is 34.5 Å². The molecule has 2 aromatic rings. The Hall–Kier alpha value is -1.65. The number of halogens is 1. The molecule has 0 spiro atoms. The molecule has 136 valence electrons. The van der Waals surface area contributed by atoms with Gasteiger partial charge in [0, 0.05) is 41.8 Å². The zero-order valence-electron chi connectivity index (χ0n) is 14.7. The molecule has 5 heteroatoms. The first-order valence-corrected chi connectivity index (χ1v) is 10.7. The fourth-order valence-corrected chi connectivity index (χ4v) is 4.65. The highest BCUT2D eigenvalue weighted by atomic mass is 35.5. The van der Waals surface area contributed by atoms with Crippen LogP contribution in [0.15, 0.2) is 48.5 Å². The van der Waals surface area contributed by atoms with Gasteiger partial charge in [-0.2, -0.15) is 11.8 Å². The first-order chi connectivity index (χ1) is 12.7. The average Bonchev–Trinajstić information content (AvgIpc) is 3.49. The van der Waals surface area contributed by atoms with Crippen LogP contribution in [-0.4, -0.2) is 30.5 Å². The van der Waals surface area contributed by atoms with Crippen LogP contribution in [0.25, 0.3) is 0 Å². The number of hydrogen-bond donors (Lipinski definition) is 1. The molecule has 1 heterocycles. The third kappa shape index (κ3) is 3.72. The van der Waals surface area contributed by atoms with Crippen LogP contribution in [0.3, 0.4) is 0 Å². The molecule has 1 N–H and O–H groups in total. The summed E-state index contributed by atoms with van der Waals surface area (Å²) in [6.07, 6.45) is 1.79. The Morgan fingerprint density at radius 1 is 1.12 bits per heavy atom. The fourth-order valence-electron chi connectivity index (χ4n) is 3.56. The van der Waals surface area contributed by atoms with Crippen LogP contribution in [0, 0.1) is 0 Å². The normalized spacial score (nSPS) is 18.4. The van der Waals surface area contributed by atoms with Gasteiger partial charge in [-0.15, -0.1) is 0 Å². The molecule has 0 aromatic heterocycles. The van der Waals surface area contributed by atoms with Crippen LogP contribution in [0.1, 0.15) is 24.0 Å². The van der Waals surface area contributed by atoms with E-state index in [-0.39, 0.29) is 11.3 Å². The van der Waals surface area contributed by atoms with E-state index in [1.165, 1.54) is 17.2 Å². The van der Waals surface area contributed by atoms with E-state index >= 15 is 0 Å². The molecule has 0 radical (unpaired) electrons. The molecule has 1 amide bonds. The zero-order chi connectivity index (χ0) is 18.0. The van der Waals surface area contributed by atoms with E-state index < -0.39 is 0 Å². The smallest absolute Gasteiger partial charge is 0.230 e. The minimum atomic E-state index is -0.379. The van der Waals surface area contributed by atoms with Crippen LogP contribution in [0.2, 0.25) is 5.02 Å².